The summed E-state index contributed by atoms with van der Waals surface area (Å²) in [6.07, 6.45) is 16.1. The summed E-state index contributed by atoms with van der Waals surface area (Å²) < 4.78 is 5.06. The number of carbonyl (C=O) groups excluding carboxylic acids is 1. The van der Waals surface area contributed by atoms with E-state index in [-0.39, 0.29) is 5.97 Å². The number of methoxy groups -OCH3 is 1. The van der Waals surface area contributed by atoms with Crippen LogP contribution in [0.2, 0.25) is 0 Å². The molecule has 2 nitrogen and oxygen atoms in total. The molecular formula is C21H34O2. The molecule has 6 atom stereocenters. The van der Waals surface area contributed by atoms with Crippen molar-refractivity contribution in [2.45, 2.75) is 84.0 Å². The lowest BCUT2D eigenvalue weighted by Crippen LogP contribution is -2.52. The lowest BCUT2D eigenvalue weighted by atomic mass is 9.45. The van der Waals surface area contributed by atoms with Crippen LogP contribution in [0.1, 0.15) is 84.0 Å². The van der Waals surface area contributed by atoms with E-state index in [0.717, 1.165) is 23.7 Å². The van der Waals surface area contributed by atoms with E-state index in [9.17, 15) is 4.79 Å². The molecule has 4 saturated carbocycles. The van der Waals surface area contributed by atoms with Crippen LogP contribution in [0, 0.1) is 34.5 Å². The maximum absolute atomic E-state index is 12.0. The quantitative estimate of drug-likeness (QED) is 0.641. The van der Waals surface area contributed by atoms with Crippen LogP contribution in [0.15, 0.2) is 0 Å². The third kappa shape index (κ3) is 2.38. The summed E-state index contributed by atoms with van der Waals surface area (Å²) in [6, 6.07) is 0. The first-order valence-corrected chi connectivity index (χ1v) is 10.2. The number of hydrogen-bond donors (Lipinski definition) is 0. The molecule has 1 unspecified atom stereocenters. The molecule has 4 aliphatic rings. The second-order valence-electron chi connectivity index (χ2n) is 9.45. The molecular weight excluding hydrogens is 284 g/mol. The summed E-state index contributed by atoms with van der Waals surface area (Å²) in [5.74, 6) is 3.67. The minimum absolute atomic E-state index is 0.0351. The maximum atomic E-state index is 12.0. The average molecular weight is 319 g/mol. The fraction of sp³-hybridized carbons (Fsp3) is 0.952. The van der Waals surface area contributed by atoms with Gasteiger partial charge in [-0.2, -0.15) is 0 Å². The van der Waals surface area contributed by atoms with Gasteiger partial charge in [-0.25, -0.2) is 0 Å². The molecule has 23 heavy (non-hydrogen) atoms. The van der Waals surface area contributed by atoms with Crippen molar-refractivity contribution < 1.29 is 9.53 Å². The van der Waals surface area contributed by atoms with Gasteiger partial charge in [0, 0.05) is 0 Å². The van der Waals surface area contributed by atoms with Crippen LogP contribution in [0.5, 0.6) is 0 Å². The van der Waals surface area contributed by atoms with Gasteiger partial charge in [0.1, 0.15) is 0 Å². The second kappa shape index (κ2) is 5.77. The van der Waals surface area contributed by atoms with Gasteiger partial charge in [-0.1, -0.05) is 26.2 Å². The molecule has 0 aromatic heterocycles. The maximum Gasteiger partial charge on any atom is 0.306 e. The van der Waals surface area contributed by atoms with Crippen molar-refractivity contribution in [1.82, 2.24) is 0 Å². The summed E-state index contributed by atoms with van der Waals surface area (Å²) >= 11 is 0. The molecule has 4 rings (SSSR count). The number of ether oxygens (including phenoxy) is 1. The van der Waals surface area contributed by atoms with Crippen molar-refractivity contribution in [1.29, 1.82) is 0 Å². The minimum atomic E-state index is 0.0351. The molecule has 0 radical (unpaired) electrons. The predicted octanol–water partition coefficient (Wildman–Crippen LogP) is 5.35. The zero-order chi connectivity index (χ0) is 16.1. The summed E-state index contributed by atoms with van der Waals surface area (Å²) in [5, 5.41) is 0. The van der Waals surface area contributed by atoms with Crippen LogP contribution in [0.4, 0.5) is 0 Å². The molecule has 0 spiro atoms. The highest BCUT2D eigenvalue weighted by molar-refractivity contribution is 5.70. The van der Waals surface area contributed by atoms with Crippen molar-refractivity contribution in [3.05, 3.63) is 0 Å². The Morgan fingerprint density at radius 2 is 1.83 bits per heavy atom. The van der Waals surface area contributed by atoms with Crippen LogP contribution >= 0.6 is 0 Å². The Hall–Kier alpha value is -0.530. The van der Waals surface area contributed by atoms with E-state index in [4.69, 9.17) is 4.74 Å². The summed E-state index contributed by atoms with van der Waals surface area (Å²) in [5.41, 5.74) is 0.910. The average Bonchev–Trinajstić information content (AvgIpc) is 2.97. The topological polar surface area (TPSA) is 26.3 Å². The molecule has 2 heteroatoms. The number of fused-ring (bicyclic) bond motifs is 5. The molecule has 0 bridgehead atoms. The van der Waals surface area contributed by atoms with E-state index in [1.54, 1.807) is 7.11 Å². The molecule has 0 aromatic carbocycles. The van der Waals surface area contributed by atoms with E-state index in [0.29, 0.717) is 17.3 Å². The Morgan fingerprint density at radius 3 is 2.65 bits per heavy atom. The number of carbonyl (C=O) groups is 1. The van der Waals surface area contributed by atoms with Crippen molar-refractivity contribution in [2.75, 3.05) is 7.11 Å². The van der Waals surface area contributed by atoms with Crippen LogP contribution in [-0.2, 0) is 9.53 Å². The van der Waals surface area contributed by atoms with Crippen molar-refractivity contribution in [3.8, 4) is 0 Å². The Balaban J connectivity index is 1.59. The standard InChI is InChI=1S/C21H34O2/c1-20-11-4-3-6-15(20)8-9-16-17(20)10-13-21(14-19(22)23-2)12-5-7-18(16)21/h15-18H,3-14H2,1-2H3/t15?,16-,17+,18+,20+,21+/m1/s1. The van der Waals surface area contributed by atoms with Gasteiger partial charge < -0.3 is 4.74 Å². The van der Waals surface area contributed by atoms with Gasteiger partial charge in [0.15, 0.2) is 0 Å². The second-order valence-corrected chi connectivity index (χ2v) is 9.45. The minimum Gasteiger partial charge on any atom is -0.469 e. The zero-order valence-electron chi connectivity index (χ0n) is 15.1. The molecule has 130 valence electrons. The van der Waals surface area contributed by atoms with E-state index in [2.05, 4.69) is 6.92 Å². The van der Waals surface area contributed by atoms with Gasteiger partial charge in [-0.3, -0.25) is 4.79 Å². The van der Waals surface area contributed by atoms with Crippen molar-refractivity contribution in [3.63, 3.8) is 0 Å². The highest BCUT2D eigenvalue weighted by Crippen LogP contribution is 2.67. The molecule has 0 heterocycles. The Kier molecular flexibility index (Phi) is 4.01. The monoisotopic (exact) mass is 318 g/mol. The first-order chi connectivity index (χ1) is 11.1. The lowest BCUT2D eigenvalue weighted by Gasteiger charge is -2.60. The van der Waals surface area contributed by atoms with Crippen LogP contribution < -0.4 is 0 Å². The molecule has 4 fully saturated rings. The Bertz CT molecular complexity index is 472. The molecule has 4 aliphatic carbocycles. The molecule has 0 aromatic rings. The summed E-state index contributed by atoms with van der Waals surface area (Å²) in [6.45, 7) is 2.63. The van der Waals surface area contributed by atoms with Crippen LogP contribution in [0.3, 0.4) is 0 Å². The van der Waals surface area contributed by atoms with E-state index >= 15 is 0 Å². The highest BCUT2D eigenvalue weighted by Gasteiger charge is 2.58. The fourth-order valence-electron chi connectivity index (χ4n) is 7.76. The highest BCUT2D eigenvalue weighted by atomic mass is 16.5. The Morgan fingerprint density at radius 1 is 0.957 bits per heavy atom. The third-order valence-electron chi connectivity index (χ3n) is 8.83. The predicted molar refractivity (Wildman–Crippen MR) is 91.9 cm³/mol. The van der Waals surface area contributed by atoms with Crippen molar-refractivity contribution >= 4 is 5.97 Å². The van der Waals surface area contributed by atoms with E-state index < -0.39 is 0 Å². The SMILES string of the molecule is COC(=O)C[C@@]12CCC[C@H]1[C@@H]1CCC3CCCC[C@]3(C)[C@H]1CC2. The number of rotatable bonds is 2. The fourth-order valence-corrected chi connectivity index (χ4v) is 7.76. The number of esters is 1. The van der Waals surface area contributed by atoms with Gasteiger partial charge in [0.25, 0.3) is 0 Å². The van der Waals surface area contributed by atoms with Gasteiger partial charge >= 0.3 is 5.97 Å². The normalized spacial score (nSPS) is 49.0. The van der Waals surface area contributed by atoms with Gasteiger partial charge in [0.2, 0.25) is 0 Å². The lowest BCUT2D eigenvalue weighted by molar-refractivity contribution is -0.150. The van der Waals surface area contributed by atoms with Gasteiger partial charge in [-0.15, -0.1) is 0 Å². The first kappa shape index (κ1) is 16.0. The van der Waals surface area contributed by atoms with Gasteiger partial charge in [-0.05, 0) is 85.9 Å². The third-order valence-corrected chi connectivity index (χ3v) is 8.83. The van der Waals surface area contributed by atoms with E-state index in [1.807, 2.05) is 0 Å². The van der Waals surface area contributed by atoms with Crippen molar-refractivity contribution in [2.24, 2.45) is 34.5 Å². The van der Waals surface area contributed by atoms with Crippen LogP contribution in [0.25, 0.3) is 0 Å². The molecule has 0 saturated heterocycles. The molecule has 0 N–H and O–H groups in total. The number of hydrogen-bond acceptors (Lipinski definition) is 2. The first-order valence-electron chi connectivity index (χ1n) is 10.2. The smallest absolute Gasteiger partial charge is 0.306 e. The van der Waals surface area contributed by atoms with Crippen LogP contribution in [-0.4, -0.2) is 13.1 Å². The molecule has 0 aliphatic heterocycles. The van der Waals surface area contributed by atoms with Gasteiger partial charge in [0.05, 0.1) is 13.5 Å². The molecule has 0 amide bonds. The van der Waals surface area contributed by atoms with E-state index in [1.165, 1.54) is 70.6 Å². The largest absolute Gasteiger partial charge is 0.469 e. The zero-order valence-corrected chi connectivity index (χ0v) is 15.1. The Labute approximate surface area is 141 Å². The summed E-state index contributed by atoms with van der Waals surface area (Å²) in [7, 11) is 1.56. The summed E-state index contributed by atoms with van der Waals surface area (Å²) in [4.78, 5) is 12.0.